The molecule has 1 unspecified atom stereocenters. The monoisotopic (exact) mass is 384 g/mol. The Bertz CT molecular complexity index is 446. The van der Waals surface area contributed by atoms with Gasteiger partial charge in [0.05, 0.1) is 17.5 Å². The molecule has 1 aromatic rings. The van der Waals surface area contributed by atoms with E-state index in [2.05, 4.69) is 15.9 Å². The van der Waals surface area contributed by atoms with Gasteiger partial charge < -0.3 is 15.4 Å². The van der Waals surface area contributed by atoms with Crippen molar-refractivity contribution < 1.29 is 9.53 Å². The quantitative estimate of drug-likeness (QED) is 0.818. The lowest BCUT2D eigenvalue weighted by Crippen LogP contribution is -2.40. The van der Waals surface area contributed by atoms with Crippen molar-refractivity contribution in [2.45, 2.75) is 19.4 Å². The molecule has 0 fully saturated rings. The van der Waals surface area contributed by atoms with Gasteiger partial charge in [0.15, 0.2) is 0 Å². The maximum Gasteiger partial charge on any atom is 0.226 e. The van der Waals surface area contributed by atoms with Crippen LogP contribution in [-0.4, -0.2) is 37.0 Å². The van der Waals surface area contributed by atoms with Crippen LogP contribution in [0.1, 0.15) is 13.3 Å². The molecule has 4 nitrogen and oxygen atoms in total. The highest BCUT2D eigenvalue weighted by atomic mass is 79.9. The molecule has 20 heavy (non-hydrogen) atoms. The third-order valence-electron chi connectivity index (χ3n) is 2.86. The molecule has 0 heterocycles. The van der Waals surface area contributed by atoms with Gasteiger partial charge in [-0.05, 0) is 41.1 Å². The number of hydrogen-bond acceptors (Lipinski definition) is 3. The van der Waals surface area contributed by atoms with Crippen LogP contribution in [0.15, 0.2) is 22.7 Å². The molecule has 0 spiro atoms. The Kier molecular flexibility index (Phi) is 9.22. The van der Waals surface area contributed by atoms with E-state index in [4.69, 9.17) is 22.1 Å². The summed E-state index contributed by atoms with van der Waals surface area (Å²) in [5, 5.41) is 0.631. The molecule has 7 heteroatoms. The molecular weight excluding hydrogens is 367 g/mol. The summed E-state index contributed by atoms with van der Waals surface area (Å²) in [4.78, 5) is 13.5. The van der Waals surface area contributed by atoms with E-state index in [-0.39, 0.29) is 24.4 Å². The highest BCUT2D eigenvalue weighted by molar-refractivity contribution is 9.10. The Morgan fingerprint density at radius 2 is 2.20 bits per heavy atom. The number of nitrogens with two attached hydrogens (primary N) is 1. The van der Waals surface area contributed by atoms with Crippen LogP contribution in [0.3, 0.4) is 0 Å². The summed E-state index contributed by atoms with van der Waals surface area (Å²) in [6.45, 7) is 2.68. The van der Waals surface area contributed by atoms with Gasteiger partial charge in [-0.15, -0.1) is 12.4 Å². The fraction of sp³-hybridized carbons (Fsp3) is 0.462. The third kappa shape index (κ3) is 5.87. The Hall–Kier alpha value is -0.490. The summed E-state index contributed by atoms with van der Waals surface area (Å²) < 4.78 is 6.32. The topological polar surface area (TPSA) is 55.6 Å². The van der Waals surface area contributed by atoms with Gasteiger partial charge in [-0.3, -0.25) is 4.79 Å². The first-order valence-corrected chi connectivity index (χ1v) is 7.16. The van der Waals surface area contributed by atoms with Gasteiger partial charge >= 0.3 is 0 Å². The Balaban J connectivity index is 0.00000361. The lowest BCUT2D eigenvalue weighted by Gasteiger charge is -2.23. The number of ether oxygens (including phenoxy) is 1. The van der Waals surface area contributed by atoms with Crippen LogP contribution >= 0.6 is 39.9 Å². The van der Waals surface area contributed by atoms with Crippen molar-refractivity contribution in [2.24, 2.45) is 5.73 Å². The molecule has 0 saturated carbocycles. The van der Waals surface area contributed by atoms with E-state index in [9.17, 15) is 4.79 Å². The molecule has 0 saturated heterocycles. The summed E-state index contributed by atoms with van der Waals surface area (Å²) in [6.07, 6.45) is 0.315. The summed E-state index contributed by atoms with van der Waals surface area (Å²) in [7, 11) is 1.75. The molecule has 114 valence electrons. The largest absolute Gasteiger partial charge is 0.492 e. The van der Waals surface area contributed by atoms with Gasteiger partial charge in [-0.25, -0.2) is 0 Å². The van der Waals surface area contributed by atoms with Crippen molar-refractivity contribution in [2.75, 3.05) is 20.2 Å². The fourth-order valence-corrected chi connectivity index (χ4v) is 2.22. The second-order valence-corrected chi connectivity index (χ2v) is 5.55. The maximum absolute atomic E-state index is 11.8. The van der Waals surface area contributed by atoms with Crippen LogP contribution in [0.5, 0.6) is 5.75 Å². The number of halogens is 3. The van der Waals surface area contributed by atoms with Crippen molar-refractivity contribution in [1.29, 1.82) is 0 Å². The maximum atomic E-state index is 11.8. The van der Waals surface area contributed by atoms with Crippen molar-refractivity contribution >= 4 is 45.8 Å². The van der Waals surface area contributed by atoms with E-state index in [1.807, 2.05) is 6.92 Å². The van der Waals surface area contributed by atoms with Gasteiger partial charge in [0.25, 0.3) is 0 Å². The first-order valence-electron chi connectivity index (χ1n) is 5.99. The van der Waals surface area contributed by atoms with E-state index in [1.165, 1.54) is 0 Å². The highest BCUT2D eigenvalue weighted by Gasteiger charge is 2.14. The number of carbonyl (C=O) groups is 1. The van der Waals surface area contributed by atoms with Crippen LogP contribution in [-0.2, 0) is 4.79 Å². The molecule has 1 aromatic carbocycles. The molecule has 0 bridgehead atoms. The van der Waals surface area contributed by atoms with Gasteiger partial charge in [-0.2, -0.15) is 0 Å². The average molecular weight is 386 g/mol. The minimum Gasteiger partial charge on any atom is -0.492 e. The number of amides is 1. The van der Waals surface area contributed by atoms with Crippen LogP contribution in [0.25, 0.3) is 0 Å². The molecular formula is C13H19BrCl2N2O2. The van der Waals surface area contributed by atoms with Gasteiger partial charge in [-0.1, -0.05) is 11.6 Å². The number of likely N-dealkylation sites (N-methyl/N-ethyl adjacent to an activating group) is 1. The van der Waals surface area contributed by atoms with Gasteiger partial charge in [0, 0.05) is 24.7 Å². The van der Waals surface area contributed by atoms with Crippen molar-refractivity contribution in [3.05, 3.63) is 27.7 Å². The second-order valence-electron chi connectivity index (χ2n) is 4.26. The molecule has 0 aliphatic carbocycles. The van der Waals surface area contributed by atoms with E-state index in [0.29, 0.717) is 30.3 Å². The van der Waals surface area contributed by atoms with Crippen molar-refractivity contribution in [3.63, 3.8) is 0 Å². The molecule has 0 aromatic heterocycles. The zero-order valence-electron chi connectivity index (χ0n) is 11.4. The van der Waals surface area contributed by atoms with Crippen molar-refractivity contribution in [3.8, 4) is 5.75 Å². The Morgan fingerprint density at radius 1 is 1.55 bits per heavy atom. The van der Waals surface area contributed by atoms with Gasteiger partial charge in [0.1, 0.15) is 5.75 Å². The zero-order chi connectivity index (χ0) is 14.4. The smallest absolute Gasteiger partial charge is 0.226 e. The van der Waals surface area contributed by atoms with Gasteiger partial charge in [0.2, 0.25) is 5.91 Å². The second kappa shape index (κ2) is 9.45. The van der Waals surface area contributed by atoms with E-state index in [1.54, 1.807) is 30.1 Å². The third-order valence-corrected chi connectivity index (χ3v) is 3.72. The van der Waals surface area contributed by atoms with Crippen LogP contribution in [0.2, 0.25) is 5.02 Å². The Morgan fingerprint density at radius 3 is 2.75 bits per heavy atom. The first kappa shape index (κ1) is 19.5. The number of carbonyl (C=O) groups excluding carboxylic acids is 1. The van der Waals surface area contributed by atoms with Crippen LogP contribution in [0, 0.1) is 0 Å². The number of nitrogens with zero attached hydrogens (tertiary/aromatic N) is 1. The minimum atomic E-state index is 0. The number of benzene rings is 1. The van der Waals surface area contributed by atoms with E-state index >= 15 is 0 Å². The Labute approximate surface area is 139 Å². The van der Waals surface area contributed by atoms with E-state index in [0.717, 1.165) is 4.47 Å². The summed E-state index contributed by atoms with van der Waals surface area (Å²) in [5.74, 6) is 0.690. The summed E-state index contributed by atoms with van der Waals surface area (Å²) >= 11 is 9.19. The van der Waals surface area contributed by atoms with E-state index < -0.39 is 0 Å². The normalized spacial score (nSPS) is 11.4. The predicted molar refractivity (Wildman–Crippen MR) is 87.8 cm³/mol. The number of hydrogen-bond donors (Lipinski definition) is 1. The molecule has 1 amide bonds. The fourth-order valence-electron chi connectivity index (χ4n) is 1.42. The van der Waals surface area contributed by atoms with Crippen LogP contribution < -0.4 is 10.5 Å². The highest BCUT2D eigenvalue weighted by Crippen LogP contribution is 2.27. The molecule has 1 atom stereocenters. The van der Waals surface area contributed by atoms with Crippen LogP contribution in [0.4, 0.5) is 0 Å². The average Bonchev–Trinajstić information content (AvgIpc) is 2.39. The lowest BCUT2D eigenvalue weighted by molar-refractivity contribution is -0.132. The SMILES string of the molecule is CC(CN)N(C)C(=O)CCOc1ccc(Cl)cc1Br.Cl. The summed E-state index contributed by atoms with van der Waals surface area (Å²) in [6, 6.07) is 5.30. The summed E-state index contributed by atoms with van der Waals surface area (Å²) in [5.41, 5.74) is 5.52. The first-order chi connectivity index (χ1) is 8.95. The molecule has 0 aliphatic heterocycles. The molecule has 2 N–H and O–H groups in total. The molecule has 0 aliphatic rings. The minimum absolute atomic E-state index is 0. The lowest BCUT2D eigenvalue weighted by atomic mass is 10.2. The zero-order valence-corrected chi connectivity index (χ0v) is 14.6. The number of rotatable bonds is 6. The van der Waals surface area contributed by atoms with Crippen molar-refractivity contribution in [1.82, 2.24) is 4.90 Å². The standard InChI is InChI=1S/C13H18BrClN2O2.ClH/c1-9(8-16)17(2)13(18)5-6-19-12-4-3-10(15)7-11(12)14;/h3-4,7,9H,5-6,8,16H2,1-2H3;1H. The predicted octanol–water partition coefficient (Wildman–Crippen LogP) is 3.10. The molecule has 1 rings (SSSR count). The molecule has 0 radical (unpaired) electrons.